The number of nitrogens with one attached hydrogen (secondary N) is 1. The van der Waals surface area contributed by atoms with Crippen molar-refractivity contribution in [2.45, 2.75) is 19.4 Å². The van der Waals surface area contributed by atoms with Gasteiger partial charge in [0.25, 0.3) is 0 Å². The van der Waals surface area contributed by atoms with Crippen LogP contribution in [0, 0.1) is 0 Å². The number of para-hydroxylation sites is 1. The second-order valence-electron chi connectivity index (χ2n) is 6.71. The first-order valence-electron chi connectivity index (χ1n) is 9.70. The number of rotatable bonds is 9. The van der Waals surface area contributed by atoms with Crippen molar-refractivity contribution >= 4 is 16.8 Å². The summed E-state index contributed by atoms with van der Waals surface area (Å²) in [6.07, 6.45) is 2.50. The monoisotopic (exact) mass is 377 g/mol. The SMILES string of the molecule is CCN(C)C(C(=O)NCCCOc1cccc2cccnc12)c1ccccc1. The van der Waals surface area contributed by atoms with Crippen molar-refractivity contribution in [3.05, 3.63) is 72.4 Å². The molecule has 0 saturated heterocycles. The van der Waals surface area contributed by atoms with Crippen LogP contribution in [-0.4, -0.2) is 42.5 Å². The minimum Gasteiger partial charge on any atom is -0.491 e. The molecule has 5 heteroatoms. The van der Waals surface area contributed by atoms with E-state index in [1.807, 2.05) is 72.6 Å². The van der Waals surface area contributed by atoms with Crippen molar-refractivity contribution in [1.29, 1.82) is 0 Å². The number of benzene rings is 2. The van der Waals surface area contributed by atoms with Crippen molar-refractivity contribution < 1.29 is 9.53 Å². The molecule has 28 heavy (non-hydrogen) atoms. The number of aromatic nitrogens is 1. The summed E-state index contributed by atoms with van der Waals surface area (Å²) in [5, 5.41) is 4.10. The molecule has 146 valence electrons. The van der Waals surface area contributed by atoms with Crippen molar-refractivity contribution in [3.8, 4) is 5.75 Å². The van der Waals surface area contributed by atoms with Crippen LogP contribution >= 0.6 is 0 Å². The van der Waals surface area contributed by atoms with Crippen LogP contribution in [0.3, 0.4) is 0 Å². The van der Waals surface area contributed by atoms with Gasteiger partial charge in [0.15, 0.2) is 0 Å². The molecular weight excluding hydrogens is 350 g/mol. The van der Waals surface area contributed by atoms with Crippen LogP contribution in [0.2, 0.25) is 0 Å². The van der Waals surface area contributed by atoms with E-state index in [1.165, 1.54) is 0 Å². The number of likely N-dealkylation sites (N-methyl/N-ethyl adjacent to an activating group) is 1. The van der Waals surface area contributed by atoms with Gasteiger partial charge in [-0.2, -0.15) is 0 Å². The molecule has 3 rings (SSSR count). The van der Waals surface area contributed by atoms with E-state index in [2.05, 4.69) is 17.2 Å². The van der Waals surface area contributed by atoms with Crippen LogP contribution in [0.25, 0.3) is 10.9 Å². The lowest BCUT2D eigenvalue weighted by molar-refractivity contribution is -0.126. The summed E-state index contributed by atoms with van der Waals surface area (Å²) in [5.41, 5.74) is 1.87. The summed E-state index contributed by atoms with van der Waals surface area (Å²) in [7, 11) is 1.97. The van der Waals surface area contributed by atoms with E-state index >= 15 is 0 Å². The predicted octanol–water partition coefficient (Wildman–Crippen LogP) is 3.81. The fraction of sp³-hybridized carbons (Fsp3) is 0.304. The quantitative estimate of drug-likeness (QED) is 0.576. The summed E-state index contributed by atoms with van der Waals surface area (Å²) in [6, 6.07) is 19.4. The Balaban J connectivity index is 1.52. The molecule has 1 unspecified atom stereocenters. The van der Waals surface area contributed by atoms with Crippen LogP contribution in [0.5, 0.6) is 5.75 Å². The van der Waals surface area contributed by atoms with E-state index in [1.54, 1.807) is 6.20 Å². The number of carbonyl (C=O) groups is 1. The van der Waals surface area contributed by atoms with Crippen LogP contribution in [0.1, 0.15) is 24.9 Å². The molecule has 0 spiro atoms. The molecule has 0 fully saturated rings. The van der Waals surface area contributed by atoms with Gasteiger partial charge in [0.1, 0.15) is 17.3 Å². The van der Waals surface area contributed by atoms with E-state index in [9.17, 15) is 4.79 Å². The van der Waals surface area contributed by atoms with Gasteiger partial charge in [-0.15, -0.1) is 0 Å². The molecule has 0 radical (unpaired) electrons. The average molecular weight is 377 g/mol. The number of hydrogen-bond donors (Lipinski definition) is 1. The highest BCUT2D eigenvalue weighted by Crippen LogP contribution is 2.23. The number of ether oxygens (including phenoxy) is 1. The van der Waals surface area contributed by atoms with Crippen LogP contribution in [0.15, 0.2) is 66.9 Å². The Labute approximate surface area is 166 Å². The summed E-state index contributed by atoms with van der Waals surface area (Å²) in [5.74, 6) is 0.791. The average Bonchev–Trinajstić information content (AvgIpc) is 2.74. The smallest absolute Gasteiger partial charge is 0.241 e. The van der Waals surface area contributed by atoms with E-state index in [-0.39, 0.29) is 11.9 Å². The molecule has 3 aromatic rings. The maximum Gasteiger partial charge on any atom is 0.241 e. The van der Waals surface area contributed by atoms with Crippen LogP contribution in [0.4, 0.5) is 0 Å². The van der Waals surface area contributed by atoms with Crippen LogP contribution in [-0.2, 0) is 4.79 Å². The summed E-state index contributed by atoms with van der Waals surface area (Å²) < 4.78 is 5.89. The molecule has 5 nitrogen and oxygen atoms in total. The zero-order valence-electron chi connectivity index (χ0n) is 16.5. The number of fused-ring (bicyclic) bond motifs is 1. The maximum atomic E-state index is 12.7. The molecule has 1 atom stereocenters. The highest BCUT2D eigenvalue weighted by Gasteiger charge is 2.23. The lowest BCUT2D eigenvalue weighted by Gasteiger charge is -2.26. The Bertz CT molecular complexity index is 893. The number of pyridine rings is 1. The van der Waals surface area contributed by atoms with Crippen molar-refractivity contribution in [1.82, 2.24) is 15.2 Å². The highest BCUT2D eigenvalue weighted by molar-refractivity contribution is 5.84. The summed E-state index contributed by atoms with van der Waals surface area (Å²) in [6.45, 7) is 3.94. The third-order valence-corrected chi connectivity index (χ3v) is 4.78. The zero-order valence-corrected chi connectivity index (χ0v) is 16.5. The molecule has 1 heterocycles. The van der Waals surface area contributed by atoms with Crippen molar-refractivity contribution in [2.24, 2.45) is 0 Å². The van der Waals surface area contributed by atoms with Gasteiger partial charge in [-0.3, -0.25) is 14.7 Å². The van der Waals surface area contributed by atoms with Gasteiger partial charge in [0.05, 0.1) is 6.61 Å². The normalized spacial score (nSPS) is 12.1. The summed E-state index contributed by atoms with van der Waals surface area (Å²) in [4.78, 5) is 19.2. The Morgan fingerprint density at radius 2 is 1.89 bits per heavy atom. The van der Waals surface area contributed by atoms with E-state index in [0.29, 0.717) is 13.2 Å². The van der Waals surface area contributed by atoms with E-state index in [4.69, 9.17) is 4.74 Å². The molecule has 0 bridgehead atoms. The number of carbonyl (C=O) groups excluding carboxylic acids is 1. The molecular formula is C23H27N3O2. The summed E-state index contributed by atoms with van der Waals surface area (Å²) >= 11 is 0. The Morgan fingerprint density at radius 3 is 2.68 bits per heavy atom. The third-order valence-electron chi connectivity index (χ3n) is 4.78. The minimum atomic E-state index is -0.283. The van der Waals surface area contributed by atoms with Gasteiger partial charge in [-0.1, -0.05) is 55.5 Å². The Morgan fingerprint density at radius 1 is 1.11 bits per heavy atom. The first kappa shape index (κ1) is 19.8. The first-order valence-corrected chi connectivity index (χ1v) is 9.70. The fourth-order valence-corrected chi connectivity index (χ4v) is 3.18. The van der Waals surface area contributed by atoms with E-state index in [0.717, 1.165) is 35.2 Å². The van der Waals surface area contributed by atoms with Gasteiger partial charge in [-0.05, 0) is 37.7 Å². The van der Waals surface area contributed by atoms with E-state index < -0.39 is 0 Å². The van der Waals surface area contributed by atoms with Gasteiger partial charge < -0.3 is 10.1 Å². The standard InChI is InChI=1S/C23H27N3O2/c1-3-26(2)22(19-10-5-4-6-11-19)23(27)25-16-9-17-28-20-14-7-12-18-13-8-15-24-21(18)20/h4-8,10-15,22H,3,9,16-17H2,1-2H3,(H,25,27). The molecule has 0 aliphatic carbocycles. The molecule has 1 amide bonds. The lowest BCUT2D eigenvalue weighted by Crippen LogP contribution is -2.39. The van der Waals surface area contributed by atoms with Crippen molar-refractivity contribution in [2.75, 3.05) is 26.7 Å². The van der Waals surface area contributed by atoms with Gasteiger partial charge in [0, 0.05) is 18.1 Å². The first-order chi connectivity index (χ1) is 13.7. The van der Waals surface area contributed by atoms with Crippen molar-refractivity contribution in [3.63, 3.8) is 0 Å². The fourth-order valence-electron chi connectivity index (χ4n) is 3.18. The second kappa shape index (κ2) is 9.85. The van der Waals surface area contributed by atoms with Gasteiger partial charge in [0.2, 0.25) is 5.91 Å². The molecule has 0 aliphatic rings. The number of hydrogen-bond acceptors (Lipinski definition) is 4. The topological polar surface area (TPSA) is 54.5 Å². The zero-order chi connectivity index (χ0) is 19.8. The largest absolute Gasteiger partial charge is 0.491 e. The predicted molar refractivity (Wildman–Crippen MR) is 112 cm³/mol. The number of amides is 1. The molecule has 2 aromatic carbocycles. The Kier molecular flexibility index (Phi) is 6.98. The highest BCUT2D eigenvalue weighted by atomic mass is 16.5. The minimum absolute atomic E-state index is 0.0161. The maximum absolute atomic E-state index is 12.7. The molecule has 1 aromatic heterocycles. The second-order valence-corrected chi connectivity index (χ2v) is 6.71. The lowest BCUT2D eigenvalue weighted by atomic mass is 10.0. The molecule has 0 saturated carbocycles. The molecule has 0 aliphatic heterocycles. The third kappa shape index (κ3) is 4.87. The number of nitrogens with zero attached hydrogens (tertiary/aromatic N) is 2. The Hall–Kier alpha value is -2.92. The molecule has 1 N–H and O–H groups in total. The van der Waals surface area contributed by atoms with Gasteiger partial charge >= 0.3 is 0 Å². The van der Waals surface area contributed by atoms with Gasteiger partial charge in [-0.25, -0.2) is 0 Å². The van der Waals surface area contributed by atoms with Crippen LogP contribution < -0.4 is 10.1 Å².